The van der Waals surface area contributed by atoms with E-state index >= 15 is 0 Å². The molecule has 0 saturated heterocycles. The predicted molar refractivity (Wildman–Crippen MR) is 80.1 cm³/mol. The van der Waals surface area contributed by atoms with Crippen LogP contribution in [0.5, 0.6) is 0 Å². The van der Waals surface area contributed by atoms with Gasteiger partial charge in [0.15, 0.2) is 0 Å². The van der Waals surface area contributed by atoms with Gasteiger partial charge in [-0.3, -0.25) is 4.79 Å². The summed E-state index contributed by atoms with van der Waals surface area (Å²) in [6.07, 6.45) is 6.94. The molecule has 0 heterocycles. The number of methoxy groups -OCH3 is 1. The number of carbonyl (C=O) groups excluding carboxylic acids is 1. The first-order valence-electron chi connectivity index (χ1n) is 7.79. The van der Waals surface area contributed by atoms with Gasteiger partial charge < -0.3 is 15.4 Å². The Labute approximate surface area is 126 Å². The maximum absolute atomic E-state index is 11.8. The van der Waals surface area contributed by atoms with Crippen molar-refractivity contribution in [2.24, 2.45) is 17.8 Å². The molecule has 21 heavy (non-hydrogen) atoms. The number of carbonyl (C=O) groups is 1. The van der Waals surface area contributed by atoms with Crippen molar-refractivity contribution in [3.63, 3.8) is 0 Å². The van der Waals surface area contributed by atoms with Crippen molar-refractivity contribution in [1.29, 1.82) is 5.26 Å². The number of nitrogens with zero attached hydrogens (tertiary/aromatic N) is 1. The summed E-state index contributed by atoms with van der Waals surface area (Å²) in [4.78, 5) is 11.8. The number of nitrogens with one attached hydrogen (secondary N) is 2. The molecule has 2 aliphatic rings. The Morgan fingerprint density at radius 3 is 2.86 bits per heavy atom. The summed E-state index contributed by atoms with van der Waals surface area (Å²) < 4.78 is 4.87. The fraction of sp³-hybridized carbons (Fsp3) is 0.750. The van der Waals surface area contributed by atoms with Crippen LogP contribution in [0.2, 0.25) is 0 Å². The summed E-state index contributed by atoms with van der Waals surface area (Å²) in [5, 5.41) is 15.0. The van der Waals surface area contributed by atoms with Crippen LogP contribution in [0.1, 0.15) is 32.6 Å². The second kappa shape index (κ2) is 7.46. The smallest absolute Gasteiger partial charge is 0.263 e. The minimum absolute atomic E-state index is 0.126. The number of ether oxygens (including phenoxy) is 1. The monoisotopic (exact) mass is 291 g/mol. The van der Waals surface area contributed by atoms with Crippen LogP contribution in [-0.2, 0) is 9.53 Å². The van der Waals surface area contributed by atoms with E-state index in [9.17, 15) is 4.79 Å². The van der Waals surface area contributed by atoms with Crippen molar-refractivity contribution in [3.8, 4) is 6.07 Å². The van der Waals surface area contributed by atoms with E-state index in [2.05, 4.69) is 17.6 Å². The van der Waals surface area contributed by atoms with Crippen molar-refractivity contribution >= 4 is 5.91 Å². The molecule has 2 fully saturated rings. The van der Waals surface area contributed by atoms with Gasteiger partial charge >= 0.3 is 0 Å². The third kappa shape index (κ3) is 3.98. The van der Waals surface area contributed by atoms with Crippen molar-refractivity contribution in [2.45, 2.75) is 38.6 Å². The molecular formula is C16H25N3O2. The third-order valence-corrected chi connectivity index (χ3v) is 4.88. The topological polar surface area (TPSA) is 74.1 Å². The molecule has 5 nitrogen and oxygen atoms in total. The molecule has 2 saturated carbocycles. The lowest BCUT2D eigenvalue weighted by Gasteiger charge is -2.28. The first-order valence-corrected chi connectivity index (χ1v) is 7.79. The van der Waals surface area contributed by atoms with E-state index in [1.807, 2.05) is 6.07 Å². The van der Waals surface area contributed by atoms with Crippen LogP contribution in [0, 0.1) is 29.1 Å². The minimum Gasteiger partial charge on any atom is -0.387 e. The van der Waals surface area contributed by atoms with Crippen molar-refractivity contribution < 1.29 is 9.53 Å². The van der Waals surface area contributed by atoms with Gasteiger partial charge in [0, 0.05) is 25.9 Å². The maximum Gasteiger partial charge on any atom is 0.263 e. The molecule has 4 atom stereocenters. The fourth-order valence-corrected chi connectivity index (χ4v) is 3.76. The zero-order chi connectivity index (χ0) is 15.2. The summed E-state index contributed by atoms with van der Waals surface area (Å²) in [7, 11) is 1.58. The summed E-state index contributed by atoms with van der Waals surface area (Å²) in [5.74, 6) is 2.06. The second-order valence-corrected chi connectivity index (χ2v) is 6.21. The summed E-state index contributed by atoms with van der Waals surface area (Å²) >= 11 is 0. The van der Waals surface area contributed by atoms with Gasteiger partial charge in [-0.05, 0) is 43.9 Å². The molecule has 2 aliphatic carbocycles. The summed E-state index contributed by atoms with van der Waals surface area (Å²) in [5.41, 5.74) is 0.126. The Hall–Kier alpha value is -1.54. The lowest BCUT2D eigenvalue weighted by atomic mass is 9.84. The van der Waals surface area contributed by atoms with E-state index in [0.29, 0.717) is 25.1 Å². The molecule has 0 spiro atoms. The first-order chi connectivity index (χ1) is 10.2. The van der Waals surface area contributed by atoms with Gasteiger partial charge in [-0.2, -0.15) is 5.26 Å². The predicted octanol–water partition coefficient (Wildman–Crippen LogP) is 1.57. The van der Waals surface area contributed by atoms with Crippen LogP contribution >= 0.6 is 0 Å². The fourth-order valence-electron chi connectivity index (χ4n) is 3.76. The number of hydrogen-bond donors (Lipinski definition) is 2. The Bertz CT molecular complexity index is 441. The largest absolute Gasteiger partial charge is 0.387 e. The second-order valence-electron chi connectivity index (χ2n) is 6.21. The van der Waals surface area contributed by atoms with Crippen LogP contribution in [-0.4, -0.2) is 32.2 Å². The molecule has 0 aromatic heterocycles. The molecule has 2 rings (SSSR count). The molecular weight excluding hydrogens is 266 g/mol. The van der Waals surface area contributed by atoms with Gasteiger partial charge in [0.2, 0.25) is 0 Å². The molecule has 5 heteroatoms. The molecule has 2 N–H and O–H groups in total. The van der Waals surface area contributed by atoms with E-state index in [4.69, 9.17) is 10.00 Å². The highest BCUT2D eigenvalue weighted by atomic mass is 16.5. The van der Waals surface area contributed by atoms with Crippen LogP contribution < -0.4 is 10.6 Å². The van der Waals surface area contributed by atoms with E-state index in [1.165, 1.54) is 25.7 Å². The highest BCUT2D eigenvalue weighted by molar-refractivity contribution is 5.97. The standard InChI is InChI=1S/C16H25N3O2/c1-11(15-8-12-3-4-13(15)7-12)19-10-14(9-17)16(20)18-5-6-21-2/h10-13,15,19H,3-8H2,1-2H3,(H,18,20)/b14-10-. The normalized spacial score (nSPS) is 29.0. The van der Waals surface area contributed by atoms with E-state index in [1.54, 1.807) is 13.3 Å². The van der Waals surface area contributed by atoms with Crippen molar-refractivity contribution in [1.82, 2.24) is 10.6 Å². The Morgan fingerprint density at radius 2 is 2.29 bits per heavy atom. The number of nitriles is 1. The van der Waals surface area contributed by atoms with Gasteiger partial charge in [-0.1, -0.05) is 6.42 Å². The molecule has 0 radical (unpaired) electrons. The summed E-state index contributed by atoms with van der Waals surface area (Å²) in [6, 6.07) is 2.27. The lowest BCUT2D eigenvalue weighted by Crippen LogP contribution is -2.34. The number of fused-ring (bicyclic) bond motifs is 2. The van der Waals surface area contributed by atoms with Gasteiger partial charge in [-0.25, -0.2) is 0 Å². The van der Waals surface area contributed by atoms with Crippen LogP contribution in [0.15, 0.2) is 11.8 Å². The number of hydrogen-bond acceptors (Lipinski definition) is 4. The number of rotatable bonds is 7. The molecule has 116 valence electrons. The van der Waals surface area contributed by atoms with Crippen LogP contribution in [0.4, 0.5) is 0 Å². The van der Waals surface area contributed by atoms with Gasteiger partial charge in [0.25, 0.3) is 5.91 Å². The lowest BCUT2D eigenvalue weighted by molar-refractivity contribution is -0.117. The van der Waals surface area contributed by atoms with Crippen molar-refractivity contribution in [3.05, 3.63) is 11.8 Å². The highest BCUT2D eigenvalue weighted by Gasteiger charge is 2.41. The maximum atomic E-state index is 11.8. The molecule has 0 aromatic rings. The first kappa shape index (κ1) is 15.8. The van der Waals surface area contributed by atoms with Gasteiger partial charge in [0.05, 0.1) is 6.61 Å². The van der Waals surface area contributed by atoms with E-state index in [0.717, 1.165) is 11.8 Å². The zero-order valence-electron chi connectivity index (χ0n) is 12.9. The third-order valence-electron chi connectivity index (χ3n) is 4.88. The quantitative estimate of drug-likeness (QED) is 0.424. The van der Waals surface area contributed by atoms with Crippen LogP contribution in [0.3, 0.4) is 0 Å². The zero-order valence-corrected chi connectivity index (χ0v) is 12.9. The minimum atomic E-state index is -0.345. The average Bonchev–Trinajstić information content (AvgIpc) is 3.10. The highest BCUT2D eigenvalue weighted by Crippen LogP contribution is 2.49. The number of amides is 1. The summed E-state index contributed by atoms with van der Waals surface area (Å²) in [6.45, 7) is 3.01. The molecule has 2 bridgehead atoms. The van der Waals surface area contributed by atoms with Gasteiger partial charge in [0.1, 0.15) is 11.6 Å². The molecule has 0 aromatic carbocycles. The Balaban J connectivity index is 1.83. The molecule has 0 aliphatic heterocycles. The van der Waals surface area contributed by atoms with E-state index < -0.39 is 0 Å². The van der Waals surface area contributed by atoms with E-state index in [-0.39, 0.29) is 11.5 Å². The van der Waals surface area contributed by atoms with Gasteiger partial charge in [-0.15, -0.1) is 0 Å². The Morgan fingerprint density at radius 1 is 1.48 bits per heavy atom. The average molecular weight is 291 g/mol. The van der Waals surface area contributed by atoms with Crippen molar-refractivity contribution in [2.75, 3.05) is 20.3 Å². The SMILES string of the molecule is COCCNC(=O)/C(C#N)=C\NC(C)C1CC2CCC1C2. The molecule has 4 unspecified atom stereocenters. The van der Waals surface area contributed by atoms with Crippen LogP contribution in [0.25, 0.3) is 0 Å². The molecule has 1 amide bonds. The Kier molecular flexibility index (Phi) is 5.63.